The molecular weight excluding hydrogens is 374 g/mol. The number of aryl methyl sites for hydroxylation is 2. The predicted molar refractivity (Wildman–Crippen MR) is 116 cm³/mol. The Bertz CT molecular complexity index is 1130. The van der Waals surface area contributed by atoms with E-state index in [0.717, 1.165) is 11.4 Å². The molecule has 5 heteroatoms. The number of aromatic nitrogens is 3. The van der Waals surface area contributed by atoms with Crippen LogP contribution in [0.3, 0.4) is 0 Å². The van der Waals surface area contributed by atoms with Crippen LogP contribution < -0.4 is 4.74 Å². The molecule has 4 aromatic rings. The van der Waals surface area contributed by atoms with E-state index in [1.165, 1.54) is 16.7 Å². The highest BCUT2D eigenvalue weighted by molar-refractivity contribution is 5.48. The van der Waals surface area contributed by atoms with Gasteiger partial charge in [0.1, 0.15) is 18.1 Å². The number of nitrogens with zero attached hydrogens (tertiary/aromatic N) is 3. The molecule has 0 atom stereocenters. The molecule has 0 amide bonds. The number of ether oxygens (including phenoxy) is 1. The molecule has 2 heterocycles. The first-order valence-corrected chi connectivity index (χ1v) is 9.99. The van der Waals surface area contributed by atoms with E-state index < -0.39 is 0 Å². The second kappa shape index (κ2) is 8.11. The van der Waals surface area contributed by atoms with Gasteiger partial charge in [-0.1, -0.05) is 67.0 Å². The summed E-state index contributed by atoms with van der Waals surface area (Å²) in [5, 5.41) is 3.92. The molecule has 0 fully saturated rings. The van der Waals surface area contributed by atoms with Crippen LogP contribution in [-0.2, 0) is 12.0 Å². The molecule has 2 aromatic heterocycles. The Balaban J connectivity index is 1.45. The first-order chi connectivity index (χ1) is 14.4. The van der Waals surface area contributed by atoms with Gasteiger partial charge in [-0.15, -0.1) is 0 Å². The van der Waals surface area contributed by atoms with Crippen molar-refractivity contribution in [1.29, 1.82) is 0 Å². The van der Waals surface area contributed by atoms with Crippen molar-refractivity contribution in [2.45, 2.75) is 39.7 Å². The largest absolute Gasteiger partial charge is 0.487 e. The first kappa shape index (κ1) is 19.8. The molecule has 30 heavy (non-hydrogen) atoms. The molecule has 0 saturated heterocycles. The van der Waals surface area contributed by atoms with Crippen LogP contribution in [0.4, 0.5) is 0 Å². The van der Waals surface area contributed by atoms with Gasteiger partial charge in [-0.3, -0.25) is 0 Å². The summed E-state index contributed by atoms with van der Waals surface area (Å²) in [5.41, 5.74) is 5.20. The molecule has 0 aliphatic rings. The zero-order valence-electron chi connectivity index (χ0n) is 17.7. The van der Waals surface area contributed by atoms with Crippen LogP contribution >= 0.6 is 0 Å². The van der Waals surface area contributed by atoms with Gasteiger partial charge >= 0.3 is 0 Å². The van der Waals surface area contributed by atoms with Crippen molar-refractivity contribution in [3.8, 4) is 17.3 Å². The predicted octanol–water partition coefficient (Wildman–Crippen LogP) is 5.65. The lowest BCUT2D eigenvalue weighted by Crippen LogP contribution is -2.18. The molecule has 0 aliphatic carbocycles. The minimum Gasteiger partial charge on any atom is -0.487 e. The van der Waals surface area contributed by atoms with Gasteiger partial charge in [-0.05, 0) is 42.3 Å². The fourth-order valence-corrected chi connectivity index (χ4v) is 3.35. The summed E-state index contributed by atoms with van der Waals surface area (Å²) < 4.78 is 11.0. The lowest BCUT2D eigenvalue weighted by Gasteiger charge is -2.26. The summed E-state index contributed by atoms with van der Waals surface area (Å²) in [4.78, 5) is 8.79. The van der Waals surface area contributed by atoms with E-state index in [-0.39, 0.29) is 5.41 Å². The zero-order valence-corrected chi connectivity index (χ0v) is 17.7. The quantitative estimate of drug-likeness (QED) is 0.419. The Labute approximate surface area is 176 Å². The number of pyridine rings is 1. The Hall–Kier alpha value is -3.47. The molecule has 0 N–H and O–H groups in total. The fourth-order valence-electron chi connectivity index (χ4n) is 3.35. The number of benzene rings is 2. The van der Waals surface area contributed by atoms with Gasteiger partial charge in [0.05, 0.1) is 5.69 Å². The number of hydrogen-bond acceptors (Lipinski definition) is 5. The molecule has 0 radical (unpaired) electrons. The normalized spacial score (nSPS) is 11.5. The summed E-state index contributed by atoms with van der Waals surface area (Å²) in [6, 6.07) is 22.7. The molecular formula is C25H25N3O2. The third-order valence-electron chi connectivity index (χ3n) is 5.30. The highest BCUT2D eigenvalue weighted by Gasteiger charge is 2.22. The molecule has 0 aliphatic heterocycles. The Morgan fingerprint density at radius 1 is 0.833 bits per heavy atom. The summed E-state index contributed by atoms with van der Waals surface area (Å²) in [5.74, 6) is 1.81. The first-order valence-electron chi connectivity index (χ1n) is 9.99. The van der Waals surface area contributed by atoms with Crippen LogP contribution in [0.1, 0.15) is 42.1 Å². The molecule has 4 rings (SSSR count). The fraction of sp³-hybridized carbons (Fsp3) is 0.240. The van der Waals surface area contributed by atoms with Gasteiger partial charge in [0.15, 0.2) is 0 Å². The topological polar surface area (TPSA) is 61.0 Å². The molecule has 0 spiro atoms. The Kier molecular flexibility index (Phi) is 5.36. The molecule has 0 saturated carbocycles. The average molecular weight is 399 g/mol. The van der Waals surface area contributed by atoms with E-state index in [4.69, 9.17) is 9.26 Å². The van der Waals surface area contributed by atoms with Crippen LogP contribution in [0.5, 0.6) is 5.75 Å². The number of hydrogen-bond donors (Lipinski definition) is 0. The zero-order chi connectivity index (χ0) is 21.1. The van der Waals surface area contributed by atoms with E-state index in [9.17, 15) is 0 Å². The second-order valence-corrected chi connectivity index (χ2v) is 7.96. The van der Waals surface area contributed by atoms with Crippen molar-refractivity contribution >= 4 is 0 Å². The van der Waals surface area contributed by atoms with Crippen LogP contribution in [0.15, 0.2) is 71.3 Å². The highest BCUT2D eigenvalue weighted by Crippen LogP contribution is 2.32. The maximum atomic E-state index is 5.95. The molecule has 5 nitrogen and oxygen atoms in total. The average Bonchev–Trinajstić information content (AvgIpc) is 3.19. The smallest absolute Gasteiger partial charge is 0.223 e. The lowest BCUT2D eigenvalue weighted by molar-refractivity contribution is 0.301. The molecule has 152 valence electrons. The highest BCUT2D eigenvalue weighted by atomic mass is 16.5. The Morgan fingerprint density at radius 3 is 2.13 bits per heavy atom. The third-order valence-corrected chi connectivity index (χ3v) is 5.30. The lowest BCUT2D eigenvalue weighted by atomic mass is 9.78. The van der Waals surface area contributed by atoms with Crippen LogP contribution in [0.25, 0.3) is 11.5 Å². The van der Waals surface area contributed by atoms with Crippen LogP contribution in [0, 0.1) is 13.8 Å². The van der Waals surface area contributed by atoms with E-state index in [1.54, 1.807) is 6.92 Å². The van der Waals surface area contributed by atoms with Crippen molar-refractivity contribution in [3.63, 3.8) is 0 Å². The van der Waals surface area contributed by atoms with E-state index in [0.29, 0.717) is 24.0 Å². The van der Waals surface area contributed by atoms with E-state index >= 15 is 0 Å². The SMILES string of the molecule is Cc1ccc(C(C)(C)c2ccc(OCc3cccc(-c4noc(C)n4)n3)cc2)cc1. The second-order valence-electron chi connectivity index (χ2n) is 7.96. The van der Waals surface area contributed by atoms with Crippen molar-refractivity contribution in [2.24, 2.45) is 0 Å². The van der Waals surface area contributed by atoms with Crippen molar-refractivity contribution in [1.82, 2.24) is 15.1 Å². The van der Waals surface area contributed by atoms with Crippen LogP contribution in [-0.4, -0.2) is 15.1 Å². The van der Waals surface area contributed by atoms with Gasteiger partial charge < -0.3 is 9.26 Å². The molecule has 2 aromatic carbocycles. The van der Waals surface area contributed by atoms with Crippen molar-refractivity contribution in [3.05, 3.63) is 95.0 Å². The van der Waals surface area contributed by atoms with Crippen LogP contribution in [0.2, 0.25) is 0 Å². The third kappa shape index (κ3) is 4.25. The maximum Gasteiger partial charge on any atom is 0.223 e. The standard InChI is InChI=1S/C25H25N3O2/c1-17-8-10-19(11-9-17)25(3,4)20-12-14-22(15-13-20)29-16-21-6-5-7-23(27-21)24-26-18(2)30-28-24/h5-15H,16H2,1-4H3. The summed E-state index contributed by atoms with van der Waals surface area (Å²) >= 11 is 0. The van der Waals surface area contributed by atoms with Gasteiger partial charge in [0, 0.05) is 12.3 Å². The van der Waals surface area contributed by atoms with Gasteiger partial charge in [0.25, 0.3) is 0 Å². The van der Waals surface area contributed by atoms with E-state index in [2.05, 4.69) is 72.3 Å². The van der Waals surface area contributed by atoms with Crippen molar-refractivity contribution < 1.29 is 9.26 Å². The molecule has 0 bridgehead atoms. The number of rotatable bonds is 6. The Morgan fingerprint density at radius 2 is 1.50 bits per heavy atom. The van der Waals surface area contributed by atoms with Crippen molar-refractivity contribution in [2.75, 3.05) is 0 Å². The monoisotopic (exact) mass is 399 g/mol. The van der Waals surface area contributed by atoms with E-state index in [1.807, 2.05) is 30.3 Å². The van der Waals surface area contributed by atoms with Gasteiger partial charge in [-0.2, -0.15) is 4.98 Å². The minimum absolute atomic E-state index is 0.0785. The summed E-state index contributed by atoms with van der Waals surface area (Å²) in [6.07, 6.45) is 0. The maximum absolute atomic E-state index is 5.95. The van der Waals surface area contributed by atoms with Gasteiger partial charge in [-0.25, -0.2) is 4.98 Å². The summed E-state index contributed by atoms with van der Waals surface area (Å²) in [7, 11) is 0. The molecule has 0 unspecified atom stereocenters. The van der Waals surface area contributed by atoms with Gasteiger partial charge in [0.2, 0.25) is 11.7 Å². The summed E-state index contributed by atoms with van der Waals surface area (Å²) in [6.45, 7) is 8.71. The minimum atomic E-state index is -0.0785.